The van der Waals surface area contributed by atoms with Crippen molar-refractivity contribution in [3.63, 3.8) is 0 Å². The van der Waals surface area contributed by atoms with Crippen molar-refractivity contribution in [3.8, 4) is 0 Å². The van der Waals surface area contributed by atoms with Crippen LogP contribution in [0.15, 0.2) is 18.3 Å². The molecule has 0 radical (unpaired) electrons. The molecule has 0 atom stereocenters. The van der Waals surface area contributed by atoms with Gasteiger partial charge >= 0.3 is 0 Å². The van der Waals surface area contributed by atoms with E-state index in [1.54, 1.807) is 0 Å². The molecule has 1 aromatic heterocycles. The summed E-state index contributed by atoms with van der Waals surface area (Å²) in [6.07, 6.45) is 8.61. The lowest BCUT2D eigenvalue weighted by Crippen LogP contribution is -2.26. The first kappa shape index (κ1) is 14.9. The Hall–Kier alpha value is -1.49. The molecule has 1 aliphatic carbocycles. The molecule has 1 saturated carbocycles. The third kappa shape index (κ3) is 4.89. The molecule has 2 rings (SSSR count). The molecule has 0 aliphatic heterocycles. The molecule has 1 amide bonds. The Morgan fingerprint density at radius 3 is 2.95 bits per heavy atom. The molecule has 4 nitrogen and oxygen atoms in total. The second-order valence-corrected chi connectivity index (χ2v) is 5.11. The fraction of sp³-hybridized carbons (Fsp3) is 0.600. The summed E-state index contributed by atoms with van der Waals surface area (Å²) in [6.45, 7) is 1.20. The fourth-order valence-corrected chi connectivity index (χ4v) is 2.40. The zero-order valence-corrected chi connectivity index (χ0v) is 11.6. The summed E-state index contributed by atoms with van der Waals surface area (Å²) < 4.78 is 18.6. The van der Waals surface area contributed by atoms with Crippen LogP contribution in [-0.4, -0.2) is 30.1 Å². The molecule has 0 spiro atoms. The Bertz CT molecular complexity index is 434. The number of rotatable bonds is 6. The highest BCUT2D eigenvalue weighted by Crippen LogP contribution is 2.20. The van der Waals surface area contributed by atoms with E-state index in [0.29, 0.717) is 24.8 Å². The van der Waals surface area contributed by atoms with Crippen molar-refractivity contribution >= 4 is 5.91 Å². The number of amides is 1. The van der Waals surface area contributed by atoms with Crippen molar-refractivity contribution < 1.29 is 13.9 Å². The van der Waals surface area contributed by atoms with E-state index in [9.17, 15) is 9.18 Å². The van der Waals surface area contributed by atoms with E-state index in [1.165, 1.54) is 31.5 Å². The third-order valence-electron chi connectivity index (χ3n) is 3.50. The van der Waals surface area contributed by atoms with Crippen LogP contribution in [0.2, 0.25) is 0 Å². The van der Waals surface area contributed by atoms with Gasteiger partial charge in [0, 0.05) is 31.0 Å². The Kier molecular flexibility index (Phi) is 5.92. The maximum atomic E-state index is 12.9. The lowest BCUT2D eigenvalue weighted by molar-refractivity contribution is 0.0273. The summed E-state index contributed by atoms with van der Waals surface area (Å²) in [5.41, 5.74) is 0.297. The van der Waals surface area contributed by atoms with Crippen molar-refractivity contribution in [2.24, 2.45) is 0 Å². The topological polar surface area (TPSA) is 51.2 Å². The quantitative estimate of drug-likeness (QED) is 0.644. The van der Waals surface area contributed by atoms with Gasteiger partial charge in [-0.05, 0) is 25.3 Å². The molecule has 1 aromatic rings. The first-order chi connectivity index (χ1) is 9.75. The van der Waals surface area contributed by atoms with Crippen molar-refractivity contribution in [1.82, 2.24) is 10.3 Å². The number of halogens is 1. The highest BCUT2D eigenvalue weighted by molar-refractivity contribution is 5.93. The van der Waals surface area contributed by atoms with Crippen molar-refractivity contribution in [1.29, 1.82) is 0 Å². The number of ether oxygens (including phenoxy) is 1. The summed E-state index contributed by atoms with van der Waals surface area (Å²) in [7, 11) is 0. The summed E-state index contributed by atoms with van der Waals surface area (Å²) >= 11 is 0. The minimum atomic E-state index is -0.640. The van der Waals surface area contributed by atoms with Crippen LogP contribution in [0.5, 0.6) is 0 Å². The number of carbonyl (C=O) groups is 1. The van der Waals surface area contributed by atoms with Gasteiger partial charge in [0.2, 0.25) is 5.95 Å². The van der Waals surface area contributed by atoms with Crippen LogP contribution < -0.4 is 5.32 Å². The van der Waals surface area contributed by atoms with Gasteiger partial charge in [-0.25, -0.2) is 4.98 Å². The Labute approximate surface area is 118 Å². The average Bonchev–Trinajstić information content (AvgIpc) is 2.48. The zero-order valence-electron chi connectivity index (χ0n) is 11.6. The maximum absolute atomic E-state index is 12.9. The molecule has 1 heterocycles. The standard InChI is InChI=1S/C15H21FN2O2/c16-14-11-12(7-9-17-14)15(19)18-8-4-10-20-13-5-2-1-3-6-13/h7,9,11,13H,1-6,8,10H2,(H,18,19). The normalized spacial score (nSPS) is 16.1. The number of nitrogens with one attached hydrogen (secondary N) is 1. The first-order valence-electron chi connectivity index (χ1n) is 7.27. The van der Waals surface area contributed by atoms with Gasteiger partial charge in [-0.3, -0.25) is 4.79 Å². The van der Waals surface area contributed by atoms with Gasteiger partial charge in [0.15, 0.2) is 0 Å². The minimum Gasteiger partial charge on any atom is -0.378 e. The summed E-state index contributed by atoms with van der Waals surface area (Å²) in [5, 5.41) is 2.75. The van der Waals surface area contributed by atoms with Crippen molar-refractivity contribution in [3.05, 3.63) is 29.8 Å². The largest absolute Gasteiger partial charge is 0.378 e. The molecule has 0 saturated heterocycles. The molecule has 1 aliphatic rings. The lowest BCUT2D eigenvalue weighted by atomic mass is 9.98. The lowest BCUT2D eigenvalue weighted by Gasteiger charge is -2.21. The monoisotopic (exact) mass is 280 g/mol. The summed E-state index contributed by atoms with van der Waals surface area (Å²) in [4.78, 5) is 15.1. The van der Waals surface area contributed by atoms with E-state index in [0.717, 1.165) is 25.3 Å². The van der Waals surface area contributed by atoms with Crippen LogP contribution in [0.4, 0.5) is 4.39 Å². The molecule has 1 fully saturated rings. The molecule has 110 valence electrons. The van der Waals surface area contributed by atoms with Gasteiger partial charge in [-0.15, -0.1) is 0 Å². The number of nitrogens with zero attached hydrogens (tertiary/aromatic N) is 1. The molecule has 20 heavy (non-hydrogen) atoms. The summed E-state index contributed by atoms with van der Waals surface area (Å²) in [6, 6.07) is 2.63. The summed E-state index contributed by atoms with van der Waals surface area (Å²) in [5.74, 6) is -0.915. The number of aromatic nitrogens is 1. The van der Waals surface area contributed by atoms with Gasteiger partial charge in [0.05, 0.1) is 6.10 Å². The predicted molar refractivity (Wildman–Crippen MR) is 74.0 cm³/mol. The molecular weight excluding hydrogens is 259 g/mol. The molecular formula is C15H21FN2O2. The van der Waals surface area contributed by atoms with Crippen LogP contribution in [0.3, 0.4) is 0 Å². The molecule has 0 aromatic carbocycles. The van der Waals surface area contributed by atoms with Gasteiger partial charge in [-0.1, -0.05) is 19.3 Å². The maximum Gasteiger partial charge on any atom is 0.251 e. The number of hydrogen-bond donors (Lipinski definition) is 1. The Morgan fingerprint density at radius 2 is 2.20 bits per heavy atom. The first-order valence-corrected chi connectivity index (χ1v) is 7.27. The Morgan fingerprint density at radius 1 is 1.40 bits per heavy atom. The SMILES string of the molecule is O=C(NCCCOC1CCCCC1)c1ccnc(F)c1. The van der Waals surface area contributed by atoms with Gasteiger partial charge in [0.1, 0.15) is 0 Å². The minimum absolute atomic E-state index is 0.274. The van der Waals surface area contributed by atoms with Crippen molar-refractivity contribution in [2.75, 3.05) is 13.2 Å². The Balaban J connectivity index is 1.59. The average molecular weight is 280 g/mol. The number of hydrogen-bond acceptors (Lipinski definition) is 3. The van der Waals surface area contributed by atoms with E-state index >= 15 is 0 Å². The van der Waals surface area contributed by atoms with Gasteiger partial charge < -0.3 is 10.1 Å². The van der Waals surface area contributed by atoms with E-state index < -0.39 is 5.95 Å². The molecule has 0 bridgehead atoms. The van der Waals surface area contributed by atoms with Crippen molar-refractivity contribution in [2.45, 2.75) is 44.6 Å². The van der Waals surface area contributed by atoms with Crippen LogP contribution in [0.1, 0.15) is 48.9 Å². The number of carbonyl (C=O) groups excluding carboxylic acids is 1. The third-order valence-corrected chi connectivity index (χ3v) is 3.50. The second kappa shape index (κ2) is 7.94. The smallest absolute Gasteiger partial charge is 0.251 e. The predicted octanol–water partition coefficient (Wildman–Crippen LogP) is 2.69. The van der Waals surface area contributed by atoms with E-state index in [2.05, 4.69) is 10.3 Å². The highest BCUT2D eigenvalue weighted by atomic mass is 19.1. The van der Waals surface area contributed by atoms with Gasteiger partial charge in [0.25, 0.3) is 5.91 Å². The van der Waals surface area contributed by atoms with Crippen LogP contribution in [-0.2, 0) is 4.74 Å². The fourth-order valence-electron chi connectivity index (χ4n) is 2.40. The second-order valence-electron chi connectivity index (χ2n) is 5.11. The van der Waals surface area contributed by atoms with Crippen LogP contribution in [0.25, 0.3) is 0 Å². The highest BCUT2D eigenvalue weighted by Gasteiger charge is 2.13. The van der Waals surface area contributed by atoms with E-state index in [4.69, 9.17) is 4.74 Å². The van der Waals surface area contributed by atoms with Crippen LogP contribution in [0, 0.1) is 5.95 Å². The van der Waals surface area contributed by atoms with Crippen LogP contribution >= 0.6 is 0 Å². The molecule has 5 heteroatoms. The van der Waals surface area contributed by atoms with E-state index in [-0.39, 0.29) is 5.91 Å². The zero-order chi connectivity index (χ0) is 14.2. The van der Waals surface area contributed by atoms with E-state index in [1.807, 2.05) is 0 Å². The molecule has 0 unspecified atom stereocenters. The molecule has 1 N–H and O–H groups in total. The van der Waals surface area contributed by atoms with Gasteiger partial charge in [-0.2, -0.15) is 4.39 Å². The number of pyridine rings is 1.